The van der Waals surface area contributed by atoms with Gasteiger partial charge in [-0.1, -0.05) is 17.7 Å². The standard InChI is InChI=1S/C10H13ClFNO2S/c1-13-10(6-16(2,14)15)8-4-3-7(11)5-9(8)12/h3-5,10,13H,6H2,1-2H3. The van der Waals surface area contributed by atoms with Crippen molar-refractivity contribution in [2.24, 2.45) is 0 Å². The fourth-order valence-corrected chi connectivity index (χ4v) is 2.53. The van der Waals surface area contributed by atoms with Gasteiger partial charge in [-0.25, -0.2) is 12.8 Å². The van der Waals surface area contributed by atoms with Gasteiger partial charge in [-0.05, 0) is 19.2 Å². The van der Waals surface area contributed by atoms with Gasteiger partial charge in [0.05, 0.1) is 5.75 Å². The van der Waals surface area contributed by atoms with Crippen molar-refractivity contribution >= 4 is 21.4 Å². The Labute approximate surface area is 99.5 Å². The van der Waals surface area contributed by atoms with Gasteiger partial charge in [0.1, 0.15) is 15.7 Å². The zero-order valence-electron chi connectivity index (χ0n) is 9.00. The number of hydrogen-bond acceptors (Lipinski definition) is 3. The monoisotopic (exact) mass is 265 g/mol. The van der Waals surface area contributed by atoms with Crippen molar-refractivity contribution in [3.8, 4) is 0 Å². The molecule has 0 spiro atoms. The summed E-state index contributed by atoms with van der Waals surface area (Å²) in [5, 5.41) is 3.06. The number of halogens is 2. The first-order valence-corrected chi connectivity index (χ1v) is 7.07. The highest BCUT2D eigenvalue weighted by Gasteiger charge is 2.18. The minimum absolute atomic E-state index is 0.151. The minimum Gasteiger partial charge on any atom is -0.312 e. The third kappa shape index (κ3) is 3.73. The van der Waals surface area contributed by atoms with Crippen LogP contribution in [0.2, 0.25) is 5.02 Å². The van der Waals surface area contributed by atoms with E-state index in [1.54, 1.807) is 7.05 Å². The van der Waals surface area contributed by atoms with Crippen LogP contribution in [0.3, 0.4) is 0 Å². The quantitative estimate of drug-likeness (QED) is 0.903. The third-order valence-corrected chi connectivity index (χ3v) is 3.33. The Hall–Kier alpha value is -0.650. The van der Waals surface area contributed by atoms with Gasteiger partial charge in [-0.2, -0.15) is 0 Å². The smallest absolute Gasteiger partial charge is 0.149 e. The molecule has 0 aliphatic heterocycles. The highest BCUT2D eigenvalue weighted by atomic mass is 35.5. The lowest BCUT2D eigenvalue weighted by atomic mass is 10.1. The van der Waals surface area contributed by atoms with Gasteiger partial charge in [-0.15, -0.1) is 0 Å². The van der Waals surface area contributed by atoms with E-state index in [1.165, 1.54) is 18.2 Å². The Morgan fingerprint density at radius 1 is 1.50 bits per heavy atom. The molecule has 0 radical (unpaired) electrons. The molecule has 6 heteroatoms. The average Bonchev–Trinajstić information content (AvgIpc) is 2.13. The molecule has 0 bridgehead atoms. The lowest BCUT2D eigenvalue weighted by molar-refractivity contribution is 0.549. The molecule has 1 aromatic rings. The molecule has 3 nitrogen and oxygen atoms in total. The normalized spacial score (nSPS) is 13.8. The van der Waals surface area contributed by atoms with Crippen molar-refractivity contribution < 1.29 is 12.8 Å². The van der Waals surface area contributed by atoms with Crippen LogP contribution in [0.25, 0.3) is 0 Å². The van der Waals surface area contributed by atoms with Crippen LogP contribution in [-0.4, -0.2) is 27.5 Å². The minimum atomic E-state index is -3.17. The Kier molecular flexibility index (Phi) is 4.29. The van der Waals surface area contributed by atoms with Gasteiger partial charge in [-0.3, -0.25) is 0 Å². The zero-order valence-corrected chi connectivity index (χ0v) is 10.6. The van der Waals surface area contributed by atoms with Crippen molar-refractivity contribution in [3.63, 3.8) is 0 Å². The molecule has 1 N–H and O–H groups in total. The summed E-state index contributed by atoms with van der Waals surface area (Å²) < 4.78 is 35.9. The molecule has 0 saturated carbocycles. The maximum absolute atomic E-state index is 13.5. The third-order valence-electron chi connectivity index (χ3n) is 2.16. The average molecular weight is 266 g/mol. The van der Waals surface area contributed by atoms with Gasteiger partial charge < -0.3 is 5.32 Å². The summed E-state index contributed by atoms with van der Waals surface area (Å²) in [5.41, 5.74) is 0.303. The van der Waals surface area contributed by atoms with Crippen LogP contribution in [0.5, 0.6) is 0 Å². The van der Waals surface area contributed by atoms with Crippen LogP contribution in [0.15, 0.2) is 18.2 Å². The first-order valence-electron chi connectivity index (χ1n) is 4.63. The maximum Gasteiger partial charge on any atom is 0.149 e. The summed E-state index contributed by atoms with van der Waals surface area (Å²) >= 11 is 5.62. The molecule has 1 aromatic carbocycles. The van der Waals surface area contributed by atoms with Crippen LogP contribution in [0.4, 0.5) is 4.39 Å². The Balaban J connectivity index is 3.04. The summed E-state index contributed by atoms with van der Waals surface area (Å²) in [6.07, 6.45) is 1.12. The Morgan fingerprint density at radius 3 is 2.56 bits per heavy atom. The van der Waals surface area contributed by atoms with E-state index in [-0.39, 0.29) is 10.8 Å². The second-order valence-corrected chi connectivity index (χ2v) is 6.22. The van der Waals surface area contributed by atoms with E-state index in [2.05, 4.69) is 5.32 Å². The van der Waals surface area contributed by atoms with Gasteiger partial charge in [0, 0.05) is 22.9 Å². The number of benzene rings is 1. The van der Waals surface area contributed by atoms with E-state index in [1.807, 2.05) is 0 Å². The molecule has 0 heterocycles. The molecule has 90 valence electrons. The zero-order chi connectivity index (χ0) is 12.3. The van der Waals surface area contributed by atoms with E-state index in [4.69, 9.17) is 11.6 Å². The summed E-state index contributed by atoms with van der Waals surface area (Å²) in [5.74, 6) is -0.655. The van der Waals surface area contributed by atoms with E-state index < -0.39 is 21.7 Å². The Bertz CT molecular complexity index is 476. The van der Waals surface area contributed by atoms with Crippen molar-refractivity contribution in [1.82, 2.24) is 5.32 Å². The van der Waals surface area contributed by atoms with E-state index >= 15 is 0 Å². The van der Waals surface area contributed by atoms with Crippen LogP contribution in [0, 0.1) is 5.82 Å². The van der Waals surface area contributed by atoms with Gasteiger partial charge in [0.25, 0.3) is 0 Å². The number of sulfone groups is 1. The van der Waals surface area contributed by atoms with E-state index in [0.29, 0.717) is 5.56 Å². The number of rotatable bonds is 4. The first kappa shape index (κ1) is 13.4. The highest BCUT2D eigenvalue weighted by molar-refractivity contribution is 7.90. The molecule has 0 fully saturated rings. The predicted molar refractivity (Wildman–Crippen MR) is 62.9 cm³/mol. The van der Waals surface area contributed by atoms with Crippen LogP contribution < -0.4 is 5.32 Å². The van der Waals surface area contributed by atoms with Crippen LogP contribution in [-0.2, 0) is 9.84 Å². The topological polar surface area (TPSA) is 46.2 Å². The second-order valence-electron chi connectivity index (χ2n) is 3.60. The molecular formula is C10H13ClFNO2S. The van der Waals surface area contributed by atoms with Gasteiger partial charge in [0.2, 0.25) is 0 Å². The molecule has 0 aliphatic rings. The highest BCUT2D eigenvalue weighted by Crippen LogP contribution is 2.21. The SMILES string of the molecule is CNC(CS(C)(=O)=O)c1ccc(Cl)cc1F. The predicted octanol–water partition coefficient (Wildman–Crippen LogP) is 1.78. The summed E-state index contributed by atoms with van der Waals surface area (Å²) in [6.45, 7) is 0. The number of hydrogen-bond donors (Lipinski definition) is 1. The molecular weight excluding hydrogens is 253 g/mol. The fourth-order valence-electron chi connectivity index (χ4n) is 1.42. The summed E-state index contributed by atoms with van der Waals surface area (Å²) in [4.78, 5) is 0. The number of nitrogens with one attached hydrogen (secondary N) is 1. The lowest BCUT2D eigenvalue weighted by Crippen LogP contribution is -2.25. The summed E-state index contributed by atoms with van der Waals surface area (Å²) in [7, 11) is -1.59. The molecule has 1 rings (SSSR count). The largest absolute Gasteiger partial charge is 0.312 e. The summed E-state index contributed by atoms with van der Waals surface area (Å²) in [6, 6.07) is 3.63. The molecule has 1 unspecified atom stereocenters. The molecule has 0 aromatic heterocycles. The van der Waals surface area contributed by atoms with E-state index in [9.17, 15) is 12.8 Å². The van der Waals surface area contributed by atoms with Gasteiger partial charge in [0.15, 0.2) is 0 Å². The molecule has 0 saturated heterocycles. The van der Waals surface area contributed by atoms with Crippen molar-refractivity contribution in [1.29, 1.82) is 0 Å². The van der Waals surface area contributed by atoms with E-state index in [0.717, 1.165) is 6.26 Å². The van der Waals surface area contributed by atoms with Crippen LogP contribution >= 0.6 is 11.6 Å². The van der Waals surface area contributed by atoms with Crippen molar-refractivity contribution in [2.45, 2.75) is 6.04 Å². The van der Waals surface area contributed by atoms with Crippen molar-refractivity contribution in [2.75, 3.05) is 19.1 Å². The molecule has 0 amide bonds. The molecule has 0 aliphatic carbocycles. The molecule has 1 atom stereocenters. The van der Waals surface area contributed by atoms with Crippen LogP contribution in [0.1, 0.15) is 11.6 Å². The Morgan fingerprint density at radius 2 is 2.12 bits per heavy atom. The van der Waals surface area contributed by atoms with Gasteiger partial charge >= 0.3 is 0 Å². The van der Waals surface area contributed by atoms with Crippen molar-refractivity contribution in [3.05, 3.63) is 34.6 Å². The lowest BCUT2D eigenvalue weighted by Gasteiger charge is -2.16. The molecule has 16 heavy (non-hydrogen) atoms. The second kappa shape index (κ2) is 5.12. The first-order chi connectivity index (χ1) is 7.33. The maximum atomic E-state index is 13.5. The fraction of sp³-hybridized carbons (Fsp3) is 0.400.